The molecular formula is C21H23ClN4O4S. The van der Waals surface area contributed by atoms with E-state index in [4.69, 9.17) is 20.8 Å². The van der Waals surface area contributed by atoms with Gasteiger partial charge in [-0.15, -0.1) is 10.2 Å². The summed E-state index contributed by atoms with van der Waals surface area (Å²) in [6, 6.07) is 11.7. The van der Waals surface area contributed by atoms with Crippen molar-refractivity contribution in [1.82, 2.24) is 19.4 Å². The minimum atomic E-state index is -3.65. The Morgan fingerprint density at radius 2 is 1.71 bits per heavy atom. The van der Waals surface area contributed by atoms with Gasteiger partial charge >= 0.3 is 0 Å². The Hall–Kier alpha value is -2.46. The van der Waals surface area contributed by atoms with Crippen molar-refractivity contribution in [2.45, 2.75) is 11.8 Å². The van der Waals surface area contributed by atoms with E-state index >= 15 is 0 Å². The number of halogens is 1. The summed E-state index contributed by atoms with van der Waals surface area (Å²) >= 11 is 6.34. The minimum Gasteiger partial charge on any atom is -0.497 e. The lowest BCUT2D eigenvalue weighted by Crippen LogP contribution is -2.48. The zero-order valence-electron chi connectivity index (χ0n) is 17.3. The van der Waals surface area contributed by atoms with Crippen LogP contribution in [-0.2, 0) is 10.0 Å². The lowest BCUT2D eigenvalue weighted by molar-refractivity contribution is 0.196. The van der Waals surface area contributed by atoms with Crippen LogP contribution in [0.5, 0.6) is 5.75 Å². The fourth-order valence-corrected chi connectivity index (χ4v) is 5.09. The van der Waals surface area contributed by atoms with E-state index in [1.165, 1.54) is 16.4 Å². The molecule has 0 radical (unpaired) electrons. The third-order valence-electron chi connectivity index (χ3n) is 5.35. The largest absolute Gasteiger partial charge is 0.497 e. The molecule has 0 spiro atoms. The summed E-state index contributed by atoms with van der Waals surface area (Å²) in [6.45, 7) is 5.32. The maximum atomic E-state index is 13.1. The predicted molar refractivity (Wildman–Crippen MR) is 118 cm³/mol. The Morgan fingerprint density at radius 3 is 2.35 bits per heavy atom. The minimum absolute atomic E-state index is 0.154. The highest BCUT2D eigenvalue weighted by Crippen LogP contribution is 2.32. The second-order valence-electron chi connectivity index (χ2n) is 7.12. The van der Waals surface area contributed by atoms with Gasteiger partial charge in [-0.05, 0) is 49.0 Å². The van der Waals surface area contributed by atoms with Crippen LogP contribution in [0.15, 0.2) is 51.8 Å². The van der Waals surface area contributed by atoms with Crippen LogP contribution >= 0.6 is 11.6 Å². The molecule has 1 saturated heterocycles. The number of ether oxygens (including phenoxy) is 1. The number of likely N-dealkylation sites (N-methyl/N-ethyl adjacent to an activating group) is 1. The van der Waals surface area contributed by atoms with Crippen LogP contribution in [0.1, 0.15) is 6.92 Å². The van der Waals surface area contributed by atoms with Crippen LogP contribution in [0.25, 0.3) is 22.9 Å². The molecule has 1 aliphatic rings. The lowest BCUT2D eigenvalue weighted by Gasteiger charge is -2.33. The average molecular weight is 463 g/mol. The third-order valence-corrected chi connectivity index (χ3v) is 7.57. The van der Waals surface area contributed by atoms with Crippen molar-refractivity contribution >= 4 is 21.6 Å². The number of hydrogen-bond donors (Lipinski definition) is 0. The van der Waals surface area contributed by atoms with Crippen molar-refractivity contribution in [3.63, 3.8) is 0 Å². The van der Waals surface area contributed by atoms with E-state index in [9.17, 15) is 8.42 Å². The van der Waals surface area contributed by atoms with Gasteiger partial charge in [-0.2, -0.15) is 4.31 Å². The average Bonchev–Trinajstić information content (AvgIpc) is 3.29. The van der Waals surface area contributed by atoms with Gasteiger partial charge < -0.3 is 14.1 Å². The summed E-state index contributed by atoms with van der Waals surface area (Å²) in [4.78, 5) is 2.37. The van der Waals surface area contributed by atoms with E-state index in [1.807, 2.05) is 0 Å². The molecule has 31 heavy (non-hydrogen) atoms. The number of methoxy groups -OCH3 is 1. The van der Waals surface area contributed by atoms with Gasteiger partial charge in [-0.3, -0.25) is 0 Å². The van der Waals surface area contributed by atoms with E-state index in [2.05, 4.69) is 22.0 Å². The number of hydrogen-bond acceptors (Lipinski definition) is 7. The monoisotopic (exact) mass is 462 g/mol. The van der Waals surface area contributed by atoms with Crippen molar-refractivity contribution in [1.29, 1.82) is 0 Å². The van der Waals surface area contributed by atoms with Gasteiger partial charge in [0, 0.05) is 31.7 Å². The van der Waals surface area contributed by atoms with Gasteiger partial charge in [0.05, 0.1) is 22.6 Å². The first-order valence-corrected chi connectivity index (χ1v) is 11.7. The van der Waals surface area contributed by atoms with Gasteiger partial charge in [0.25, 0.3) is 0 Å². The number of rotatable bonds is 6. The zero-order valence-corrected chi connectivity index (χ0v) is 18.9. The van der Waals surface area contributed by atoms with Crippen LogP contribution in [0.4, 0.5) is 0 Å². The number of nitrogens with zero attached hydrogens (tertiary/aromatic N) is 4. The molecule has 0 amide bonds. The molecule has 1 fully saturated rings. The molecule has 1 aliphatic heterocycles. The Balaban J connectivity index is 1.62. The third kappa shape index (κ3) is 4.45. The van der Waals surface area contributed by atoms with E-state index in [1.54, 1.807) is 37.4 Å². The normalized spacial score (nSPS) is 15.8. The zero-order chi connectivity index (χ0) is 22.0. The van der Waals surface area contributed by atoms with Gasteiger partial charge in [-0.1, -0.05) is 18.5 Å². The fourth-order valence-electron chi connectivity index (χ4n) is 3.45. The smallest absolute Gasteiger partial charge is 0.249 e. The highest BCUT2D eigenvalue weighted by atomic mass is 35.5. The maximum absolute atomic E-state index is 13.1. The maximum Gasteiger partial charge on any atom is 0.249 e. The number of benzene rings is 2. The molecule has 0 unspecified atom stereocenters. The highest BCUT2D eigenvalue weighted by molar-refractivity contribution is 7.89. The quantitative estimate of drug-likeness (QED) is 0.554. The summed E-state index contributed by atoms with van der Waals surface area (Å²) in [5.41, 5.74) is 1.09. The number of aromatic nitrogens is 2. The van der Waals surface area contributed by atoms with Crippen molar-refractivity contribution in [2.75, 3.05) is 39.8 Å². The van der Waals surface area contributed by atoms with Crippen molar-refractivity contribution in [3.8, 4) is 28.7 Å². The Labute approximate surface area is 186 Å². The Morgan fingerprint density at radius 1 is 1.03 bits per heavy atom. The first-order chi connectivity index (χ1) is 14.9. The summed E-state index contributed by atoms with van der Waals surface area (Å²) in [7, 11) is -2.06. The second kappa shape index (κ2) is 8.96. The summed E-state index contributed by atoms with van der Waals surface area (Å²) in [5.74, 6) is 1.17. The van der Waals surface area contributed by atoms with E-state index < -0.39 is 10.0 Å². The van der Waals surface area contributed by atoms with Crippen molar-refractivity contribution in [2.24, 2.45) is 0 Å². The molecule has 2 aromatic carbocycles. The van der Waals surface area contributed by atoms with Crippen molar-refractivity contribution in [3.05, 3.63) is 47.5 Å². The fraction of sp³-hybridized carbons (Fsp3) is 0.333. The molecule has 8 nitrogen and oxygen atoms in total. The Bertz CT molecular complexity index is 1160. The first-order valence-electron chi connectivity index (χ1n) is 9.92. The van der Waals surface area contributed by atoms with Crippen LogP contribution in [0.3, 0.4) is 0 Å². The highest BCUT2D eigenvalue weighted by Gasteiger charge is 2.29. The van der Waals surface area contributed by atoms with Crippen LogP contribution in [0, 0.1) is 0 Å². The van der Waals surface area contributed by atoms with Crippen LogP contribution in [-0.4, -0.2) is 67.7 Å². The molecule has 0 bridgehead atoms. The van der Waals surface area contributed by atoms with E-state index in [0.29, 0.717) is 54.0 Å². The number of piperazine rings is 1. The van der Waals surface area contributed by atoms with Gasteiger partial charge in [0.15, 0.2) is 0 Å². The standard InChI is InChI=1S/C21H23ClN4O4S/c1-3-25-10-12-26(13-11-25)31(27,28)17-8-9-19(22)18(14-17)21-24-23-20(30-21)15-4-6-16(29-2)7-5-15/h4-9,14H,3,10-13H2,1-2H3. The Kier molecular flexibility index (Phi) is 6.29. The van der Waals surface area contributed by atoms with Gasteiger partial charge in [0.1, 0.15) is 5.75 Å². The van der Waals surface area contributed by atoms with E-state index in [-0.39, 0.29) is 10.8 Å². The molecule has 0 N–H and O–H groups in total. The molecule has 0 aliphatic carbocycles. The molecule has 4 rings (SSSR count). The predicted octanol–water partition coefficient (Wildman–Crippen LogP) is 3.39. The topological polar surface area (TPSA) is 88.8 Å². The molecule has 1 aromatic heterocycles. The molecular weight excluding hydrogens is 440 g/mol. The molecule has 10 heteroatoms. The second-order valence-corrected chi connectivity index (χ2v) is 9.47. The molecule has 164 valence electrons. The summed E-state index contributed by atoms with van der Waals surface area (Å²) in [6.07, 6.45) is 0. The molecule has 0 saturated carbocycles. The van der Waals surface area contributed by atoms with Crippen LogP contribution < -0.4 is 4.74 Å². The SMILES string of the molecule is CCN1CCN(S(=O)(=O)c2ccc(Cl)c(-c3nnc(-c4ccc(OC)cc4)o3)c2)CC1. The number of sulfonamides is 1. The lowest BCUT2D eigenvalue weighted by atomic mass is 10.2. The van der Waals surface area contributed by atoms with Crippen LogP contribution in [0.2, 0.25) is 5.02 Å². The van der Waals surface area contributed by atoms with Crippen molar-refractivity contribution < 1.29 is 17.6 Å². The van der Waals surface area contributed by atoms with E-state index in [0.717, 1.165) is 6.54 Å². The van der Waals surface area contributed by atoms with Gasteiger partial charge in [-0.25, -0.2) is 8.42 Å². The summed E-state index contributed by atoms with van der Waals surface area (Å²) < 4.78 is 38.7. The molecule has 3 aromatic rings. The van der Waals surface area contributed by atoms with Gasteiger partial charge in [0.2, 0.25) is 21.8 Å². The molecule has 0 atom stereocenters. The summed E-state index contributed by atoms with van der Waals surface area (Å²) in [5, 5.41) is 8.49. The first kappa shape index (κ1) is 21.8. The molecule has 2 heterocycles.